The van der Waals surface area contributed by atoms with E-state index in [-0.39, 0.29) is 78.8 Å². The van der Waals surface area contributed by atoms with Crippen LogP contribution in [0, 0.1) is 45.3 Å². The highest BCUT2D eigenvalue weighted by Crippen LogP contribution is 2.69. The minimum absolute atomic E-state index is 0.0697. The number of hydrogen-bond acceptors (Lipinski definition) is 6. The molecule has 4 rings (SSSR count). The summed E-state index contributed by atoms with van der Waals surface area (Å²) in [4.78, 5) is 78.4. The molecule has 0 spiro atoms. The lowest BCUT2D eigenvalue weighted by atomic mass is 9.43. The molecule has 0 radical (unpaired) electrons. The molecule has 0 aliphatic heterocycles. The van der Waals surface area contributed by atoms with Gasteiger partial charge in [-0.2, -0.15) is 0 Å². The first-order valence-corrected chi connectivity index (χ1v) is 13.6. The quantitative estimate of drug-likeness (QED) is 0.554. The third-order valence-corrected chi connectivity index (χ3v) is 11.1. The van der Waals surface area contributed by atoms with E-state index in [4.69, 9.17) is 5.11 Å². The van der Waals surface area contributed by atoms with Gasteiger partial charge in [0.1, 0.15) is 17.3 Å². The van der Waals surface area contributed by atoms with E-state index in [9.17, 15) is 28.8 Å². The lowest BCUT2D eigenvalue weighted by molar-refractivity contribution is -0.147. The van der Waals surface area contributed by atoms with Crippen LogP contribution in [0.25, 0.3) is 0 Å². The molecule has 0 heterocycles. The smallest absolute Gasteiger partial charge is 0.306 e. The van der Waals surface area contributed by atoms with Crippen LogP contribution in [0.3, 0.4) is 0 Å². The summed E-state index contributed by atoms with van der Waals surface area (Å²) in [6.07, 6.45) is 1.34. The fourth-order valence-electron chi connectivity index (χ4n) is 8.66. The Labute approximate surface area is 218 Å². The van der Waals surface area contributed by atoms with Crippen molar-refractivity contribution >= 4 is 34.9 Å². The Balaban J connectivity index is 1.76. The molecule has 202 valence electrons. The van der Waals surface area contributed by atoms with Crippen molar-refractivity contribution in [1.29, 1.82) is 0 Å². The van der Waals surface area contributed by atoms with Gasteiger partial charge in [-0.25, -0.2) is 0 Å². The predicted octanol–water partition coefficient (Wildman–Crippen LogP) is 4.55. The molecule has 0 amide bonds. The first kappa shape index (κ1) is 27.6. The average molecular weight is 513 g/mol. The van der Waals surface area contributed by atoms with Crippen molar-refractivity contribution in [3.05, 3.63) is 11.1 Å². The summed E-state index contributed by atoms with van der Waals surface area (Å²) in [6.45, 7) is 12.9. The molecule has 0 aromatic rings. The van der Waals surface area contributed by atoms with Gasteiger partial charge in [-0.3, -0.25) is 28.8 Å². The van der Waals surface area contributed by atoms with Gasteiger partial charge in [0.2, 0.25) is 0 Å². The van der Waals surface area contributed by atoms with Crippen LogP contribution in [-0.4, -0.2) is 40.0 Å². The van der Waals surface area contributed by atoms with Gasteiger partial charge in [0, 0.05) is 60.5 Å². The summed E-state index contributed by atoms with van der Waals surface area (Å²) in [6, 6.07) is 0. The number of ketones is 5. The monoisotopic (exact) mass is 512 g/mol. The molecule has 7 nitrogen and oxygen atoms in total. The summed E-state index contributed by atoms with van der Waals surface area (Å²) >= 11 is 0. The summed E-state index contributed by atoms with van der Waals surface area (Å²) < 4.78 is 0. The molecule has 2 saturated carbocycles. The molecule has 7 heteroatoms. The summed E-state index contributed by atoms with van der Waals surface area (Å²) in [5.41, 5.74) is -2.49. The lowest BCUT2D eigenvalue weighted by Gasteiger charge is -2.58. The number of carbonyl (C=O) groups excluding carboxylic acids is 5. The number of Topliss-reactive ketones (excluding diaryl/α,β-unsaturated/α-hetero) is 5. The molecule has 1 N–H and O–H groups in total. The molecule has 4 aliphatic carbocycles. The Hall–Kier alpha value is -2.44. The third kappa shape index (κ3) is 3.66. The largest absolute Gasteiger partial charge is 0.481 e. The minimum Gasteiger partial charge on any atom is -0.481 e. The van der Waals surface area contributed by atoms with E-state index in [0.29, 0.717) is 24.0 Å². The van der Waals surface area contributed by atoms with E-state index in [0.717, 1.165) is 0 Å². The summed E-state index contributed by atoms with van der Waals surface area (Å²) in [7, 11) is 0. The van der Waals surface area contributed by atoms with Crippen molar-refractivity contribution in [2.45, 2.75) is 93.4 Å². The molecular formula is C30H40O7. The van der Waals surface area contributed by atoms with Gasteiger partial charge in [0.05, 0.1) is 11.3 Å². The van der Waals surface area contributed by atoms with E-state index in [2.05, 4.69) is 0 Å². The van der Waals surface area contributed by atoms with E-state index >= 15 is 0 Å². The number of aliphatic carboxylic acids is 1. The van der Waals surface area contributed by atoms with Gasteiger partial charge >= 0.3 is 5.97 Å². The number of allylic oxidation sites excluding steroid dienone is 2. The Morgan fingerprint density at radius 1 is 0.892 bits per heavy atom. The van der Waals surface area contributed by atoms with Crippen molar-refractivity contribution in [3.63, 3.8) is 0 Å². The molecule has 0 bridgehead atoms. The maximum Gasteiger partial charge on any atom is 0.306 e. The molecule has 0 aromatic carbocycles. The summed E-state index contributed by atoms with van der Waals surface area (Å²) in [5.74, 6) is -3.06. The second kappa shape index (κ2) is 8.54. The molecule has 4 aliphatic rings. The second-order valence-electron chi connectivity index (χ2n) is 13.5. The van der Waals surface area contributed by atoms with Crippen LogP contribution in [-0.2, 0) is 28.8 Å². The zero-order chi connectivity index (χ0) is 27.9. The normalized spacial score (nSPS) is 38.6. The number of carbonyl (C=O) groups is 6. The zero-order valence-corrected chi connectivity index (χ0v) is 23.2. The third-order valence-electron chi connectivity index (χ3n) is 11.1. The highest BCUT2D eigenvalue weighted by Gasteiger charge is 2.70. The van der Waals surface area contributed by atoms with Crippen LogP contribution >= 0.6 is 0 Å². The van der Waals surface area contributed by atoms with Crippen LogP contribution in [0.4, 0.5) is 0 Å². The van der Waals surface area contributed by atoms with E-state index in [1.807, 2.05) is 41.5 Å². The van der Waals surface area contributed by atoms with Gasteiger partial charge in [-0.05, 0) is 36.5 Å². The molecular weight excluding hydrogens is 472 g/mol. The van der Waals surface area contributed by atoms with Crippen molar-refractivity contribution in [3.8, 4) is 0 Å². The van der Waals surface area contributed by atoms with Crippen LogP contribution in [0.15, 0.2) is 11.1 Å². The number of fused-ring (bicyclic) bond motifs is 4. The average Bonchev–Trinajstić information content (AvgIpc) is 2.99. The predicted molar refractivity (Wildman–Crippen MR) is 135 cm³/mol. The highest BCUT2D eigenvalue weighted by atomic mass is 16.4. The second-order valence-corrected chi connectivity index (χ2v) is 13.5. The van der Waals surface area contributed by atoms with Gasteiger partial charge in [0.25, 0.3) is 0 Å². The van der Waals surface area contributed by atoms with Gasteiger partial charge < -0.3 is 5.11 Å². The van der Waals surface area contributed by atoms with E-state index < -0.39 is 33.5 Å². The minimum atomic E-state index is -1.14. The molecule has 2 fully saturated rings. The van der Waals surface area contributed by atoms with Crippen LogP contribution in [0.1, 0.15) is 93.4 Å². The number of carboxylic acid groups (broad SMARTS) is 1. The number of carboxylic acids is 1. The Morgan fingerprint density at radius 2 is 1.51 bits per heavy atom. The van der Waals surface area contributed by atoms with Crippen molar-refractivity contribution in [2.75, 3.05) is 0 Å². The highest BCUT2D eigenvalue weighted by molar-refractivity contribution is 6.16. The topological polar surface area (TPSA) is 123 Å². The van der Waals surface area contributed by atoms with Crippen molar-refractivity contribution in [1.82, 2.24) is 0 Å². The standard InChI is InChI=1S/C30H40O7/c1-15(10-17(31)11-16(2)26(36)37)18-12-23(35)30(7)25-19(32)13-21-27(3,4)22(34)8-9-28(21,5)24(25)20(33)14-29(18,30)6/h15-16,18,21H,8-14H2,1-7H3,(H,36,37)/t15?,16?,18-,21+,28+,29-,30+/m1/s1. The fraction of sp³-hybridized carbons (Fsp3) is 0.733. The first-order valence-electron chi connectivity index (χ1n) is 13.6. The van der Waals surface area contributed by atoms with Gasteiger partial charge in [-0.1, -0.05) is 41.5 Å². The van der Waals surface area contributed by atoms with E-state index in [1.54, 1.807) is 0 Å². The van der Waals surface area contributed by atoms with Crippen LogP contribution in [0.2, 0.25) is 0 Å². The Bertz CT molecular complexity index is 1160. The zero-order valence-electron chi connectivity index (χ0n) is 23.2. The molecule has 0 saturated heterocycles. The fourth-order valence-corrected chi connectivity index (χ4v) is 8.66. The Kier molecular flexibility index (Phi) is 6.37. The molecule has 2 unspecified atom stereocenters. The van der Waals surface area contributed by atoms with Crippen molar-refractivity contribution < 1.29 is 33.9 Å². The number of rotatable bonds is 6. The van der Waals surface area contributed by atoms with Crippen molar-refractivity contribution in [2.24, 2.45) is 45.3 Å². The van der Waals surface area contributed by atoms with Crippen LogP contribution < -0.4 is 0 Å². The molecule has 0 aromatic heterocycles. The van der Waals surface area contributed by atoms with Crippen LogP contribution in [0.5, 0.6) is 0 Å². The summed E-state index contributed by atoms with van der Waals surface area (Å²) in [5, 5.41) is 9.16. The lowest BCUT2D eigenvalue weighted by Crippen LogP contribution is -2.59. The maximum absolute atomic E-state index is 14.0. The Morgan fingerprint density at radius 3 is 2.11 bits per heavy atom. The number of hydrogen-bond donors (Lipinski definition) is 1. The van der Waals surface area contributed by atoms with E-state index in [1.165, 1.54) is 6.92 Å². The molecule has 7 atom stereocenters. The van der Waals surface area contributed by atoms with Gasteiger partial charge in [-0.15, -0.1) is 0 Å². The SMILES string of the molecule is CC(CC(=O)CC(C)[C@H]1CC(=O)[C@@]2(C)C3=C(C(=O)C[C@]12C)[C@@]1(C)CCC(=O)C(C)(C)[C@@H]1CC3=O)C(=O)O. The maximum atomic E-state index is 14.0. The van der Waals surface area contributed by atoms with Gasteiger partial charge in [0.15, 0.2) is 11.6 Å². The molecule has 37 heavy (non-hydrogen) atoms. The first-order chi connectivity index (χ1) is 16.9.